The number of nitrogens with zero attached hydrogens (tertiary/aromatic N) is 4. The SMILES string of the molecule is Cn1c(OCc2ccco2)nc2c1c(=O)n(Cc1ccccc1)c(=O)n2C. The van der Waals surface area contributed by atoms with Crippen LogP contribution in [0.25, 0.3) is 11.2 Å². The Labute approximate surface area is 153 Å². The zero-order valence-electron chi connectivity index (χ0n) is 15.0. The number of fused-ring (bicyclic) bond motifs is 1. The van der Waals surface area contributed by atoms with Crippen LogP contribution in [0.2, 0.25) is 0 Å². The lowest BCUT2D eigenvalue weighted by Gasteiger charge is -2.08. The molecule has 0 bridgehead atoms. The first-order valence-corrected chi connectivity index (χ1v) is 8.41. The molecular weight excluding hydrogens is 348 g/mol. The lowest BCUT2D eigenvalue weighted by molar-refractivity contribution is 0.244. The summed E-state index contributed by atoms with van der Waals surface area (Å²) in [5.41, 5.74) is 0.632. The molecule has 3 heterocycles. The van der Waals surface area contributed by atoms with Gasteiger partial charge in [-0.05, 0) is 17.7 Å². The third-order valence-corrected chi connectivity index (χ3v) is 4.43. The van der Waals surface area contributed by atoms with Crippen LogP contribution in [-0.4, -0.2) is 18.7 Å². The van der Waals surface area contributed by atoms with Crippen LogP contribution in [0.15, 0.2) is 62.7 Å². The van der Waals surface area contributed by atoms with Crippen molar-refractivity contribution >= 4 is 11.2 Å². The Morgan fingerprint density at radius 2 is 1.81 bits per heavy atom. The molecule has 0 radical (unpaired) electrons. The van der Waals surface area contributed by atoms with E-state index in [0.717, 1.165) is 5.56 Å². The van der Waals surface area contributed by atoms with Gasteiger partial charge < -0.3 is 9.15 Å². The molecule has 0 aliphatic rings. The molecule has 8 nitrogen and oxygen atoms in total. The summed E-state index contributed by atoms with van der Waals surface area (Å²) >= 11 is 0. The molecule has 8 heteroatoms. The van der Waals surface area contributed by atoms with E-state index in [1.165, 1.54) is 9.13 Å². The van der Waals surface area contributed by atoms with Crippen LogP contribution >= 0.6 is 0 Å². The Kier molecular flexibility index (Phi) is 4.15. The number of benzene rings is 1. The Morgan fingerprint density at radius 1 is 1.04 bits per heavy atom. The normalized spacial score (nSPS) is 11.2. The van der Waals surface area contributed by atoms with Crippen molar-refractivity contribution in [3.63, 3.8) is 0 Å². The summed E-state index contributed by atoms with van der Waals surface area (Å²) in [6.07, 6.45) is 1.56. The quantitative estimate of drug-likeness (QED) is 0.536. The first kappa shape index (κ1) is 16.9. The van der Waals surface area contributed by atoms with Gasteiger partial charge in [0.25, 0.3) is 11.6 Å². The van der Waals surface area contributed by atoms with Gasteiger partial charge in [-0.2, -0.15) is 4.98 Å². The van der Waals surface area contributed by atoms with Crippen molar-refractivity contribution in [3.05, 3.63) is 80.9 Å². The fraction of sp³-hybridized carbons (Fsp3) is 0.211. The largest absolute Gasteiger partial charge is 0.466 e. The molecule has 0 atom stereocenters. The lowest BCUT2D eigenvalue weighted by Crippen LogP contribution is -2.39. The van der Waals surface area contributed by atoms with E-state index in [4.69, 9.17) is 9.15 Å². The Hall–Kier alpha value is -3.55. The number of aromatic nitrogens is 4. The molecule has 0 fully saturated rings. The van der Waals surface area contributed by atoms with Crippen LogP contribution in [-0.2, 0) is 27.2 Å². The maximum absolute atomic E-state index is 13.0. The van der Waals surface area contributed by atoms with Crippen molar-refractivity contribution in [1.82, 2.24) is 18.7 Å². The Balaban J connectivity index is 1.79. The number of ether oxygens (including phenoxy) is 1. The highest BCUT2D eigenvalue weighted by Crippen LogP contribution is 2.17. The highest BCUT2D eigenvalue weighted by atomic mass is 16.5. The van der Waals surface area contributed by atoms with Crippen molar-refractivity contribution < 1.29 is 9.15 Å². The minimum Gasteiger partial charge on any atom is -0.466 e. The van der Waals surface area contributed by atoms with Crippen LogP contribution in [0.3, 0.4) is 0 Å². The molecular formula is C19H18N4O4. The average Bonchev–Trinajstić information content (AvgIpc) is 3.31. The molecule has 0 saturated heterocycles. The molecule has 0 unspecified atom stereocenters. The van der Waals surface area contributed by atoms with Crippen molar-refractivity contribution in [2.75, 3.05) is 0 Å². The molecule has 4 aromatic rings. The minimum atomic E-state index is -0.424. The van der Waals surface area contributed by atoms with Gasteiger partial charge in [-0.25, -0.2) is 4.79 Å². The van der Waals surface area contributed by atoms with Crippen molar-refractivity contribution in [3.8, 4) is 6.01 Å². The molecule has 27 heavy (non-hydrogen) atoms. The smallest absolute Gasteiger partial charge is 0.332 e. The fourth-order valence-electron chi connectivity index (χ4n) is 2.99. The summed E-state index contributed by atoms with van der Waals surface area (Å²) in [6, 6.07) is 13.2. The van der Waals surface area contributed by atoms with Gasteiger partial charge in [-0.1, -0.05) is 30.3 Å². The van der Waals surface area contributed by atoms with E-state index in [-0.39, 0.29) is 24.8 Å². The van der Waals surface area contributed by atoms with E-state index in [1.807, 2.05) is 30.3 Å². The second kappa shape index (κ2) is 6.64. The van der Waals surface area contributed by atoms with Crippen LogP contribution < -0.4 is 16.0 Å². The third-order valence-electron chi connectivity index (χ3n) is 4.43. The van der Waals surface area contributed by atoms with Gasteiger partial charge in [0.2, 0.25) is 0 Å². The van der Waals surface area contributed by atoms with Gasteiger partial charge >= 0.3 is 5.69 Å². The topological polar surface area (TPSA) is 84.2 Å². The van der Waals surface area contributed by atoms with Crippen molar-refractivity contribution in [2.24, 2.45) is 14.1 Å². The predicted molar refractivity (Wildman–Crippen MR) is 98.8 cm³/mol. The van der Waals surface area contributed by atoms with Gasteiger partial charge in [0.1, 0.15) is 12.4 Å². The molecule has 0 aliphatic heterocycles. The van der Waals surface area contributed by atoms with Gasteiger partial charge in [0.15, 0.2) is 11.2 Å². The third kappa shape index (κ3) is 2.95. The van der Waals surface area contributed by atoms with Crippen LogP contribution in [0.5, 0.6) is 6.01 Å². The number of hydrogen-bond acceptors (Lipinski definition) is 5. The number of furan rings is 1. The molecule has 0 saturated carbocycles. The summed E-state index contributed by atoms with van der Waals surface area (Å²) in [4.78, 5) is 30.0. The summed E-state index contributed by atoms with van der Waals surface area (Å²) in [6.45, 7) is 0.367. The predicted octanol–water partition coefficient (Wildman–Crippen LogP) is 1.65. The van der Waals surface area contributed by atoms with Crippen LogP contribution in [0.1, 0.15) is 11.3 Å². The van der Waals surface area contributed by atoms with E-state index >= 15 is 0 Å². The monoisotopic (exact) mass is 366 g/mol. The molecule has 0 N–H and O–H groups in total. The first-order valence-electron chi connectivity index (χ1n) is 8.41. The Bertz CT molecular complexity index is 1200. The van der Waals surface area contributed by atoms with Crippen molar-refractivity contribution in [2.45, 2.75) is 13.2 Å². The zero-order chi connectivity index (χ0) is 19.0. The number of imidazole rings is 1. The van der Waals surface area contributed by atoms with E-state index in [0.29, 0.717) is 11.3 Å². The van der Waals surface area contributed by atoms with Crippen LogP contribution in [0.4, 0.5) is 0 Å². The first-order chi connectivity index (χ1) is 13.1. The second-order valence-corrected chi connectivity index (χ2v) is 6.21. The van der Waals surface area contributed by atoms with Gasteiger partial charge in [0, 0.05) is 14.1 Å². The van der Waals surface area contributed by atoms with Crippen LogP contribution in [0, 0.1) is 0 Å². The van der Waals surface area contributed by atoms with E-state index in [2.05, 4.69) is 4.98 Å². The summed E-state index contributed by atoms with van der Waals surface area (Å²) in [5.74, 6) is 0.637. The summed E-state index contributed by atoms with van der Waals surface area (Å²) in [7, 11) is 3.28. The highest BCUT2D eigenvalue weighted by molar-refractivity contribution is 5.71. The molecule has 3 aromatic heterocycles. The molecule has 0 spiro atoms. The van der Waals surface area contributed by atoms with Gasteiger partial charge in [-0.3, -0.25) is 18.5 Å². The van der Waals surface area contributed by atoms with Gasteiger partial charge in [0.05, 0.1) is 12.8 Å². The maximum atomic E-state index is 13.0. The summed E-state index contributed by atoms with van der Waals surface area (Å²) in [5, 5.41) is 0. The highest BCUT2D eigenvalue weighted by Gasteiger charge is 2.19. The van der Waals surface area contributed by atoms with E-state index in [9.17, 15) is 9.59 Å². The molecule has 138 valence electrons. The second-order valence-electron chi connectivity index (χ2n) is 6.21. The number of rotatable bonds is 5. The Morgan fingerprint density at radius 3 is 2.52 bits per heavy atom. The summed E-state index contributed by atoms with van der Waals surface area (Å²) < 4.78 is 15.0. The maximum Gasteiger partial charge on any atom is 0.332 e. The minimum absolute atomic E-state index is 0.177. The van der Waals surface area contributed by atoms with E-state index < -0.39 is 11.2 Å². The lowest BCUT2D eigenvalue weighted by atomic mass is 10.2. The molecule has 4 rings (SSSR count). The average molecular weight is 366 g/mol. The molecule has 0 aliphatic carbocycles. The zero-order valence-corrected chi connectivity index (χ0v) is 15.0. The van der Waals surface area contributed by atoms with Crippen molar-refractivity contribution in [1.29, 1.82) is 0 Å². The fourth-order valence-corrected chi connectivity index (χ4v) is 2.99. The molecule has 0 amide bonds. The number of aryl methyl sites for hydroxylation is 2. The van der Waals surface area contributed by atoms with E-state index in [1.54, 1.807) is 37.1 Å². The number of hydrogen-bond donors (Lipinski definition) is 0. The van der Waals surface area contributed by atoms with Gasteiger partial charge in [-0.15, -0.1) is 0 Å². The molecule has 1 aromatic carbocycles. The standard InChI is InChI=1S/C19H18N4O4/c1-21-15-16(20-18(21)27-12-14-9-6-10-26-14)22(2)19(25)23(17(15)24)11-13-7-4-3-5-8-13/h3-10H,11-12H2,1-2H3.